The lowest BCUT2D eigenvalue weighted by molar-refractivity contribution is -0.894. The first kappa shape index (κ1) is 43.5. The summed E-state index contributed by atoms with van der Waals surface area (Å²) in [6.07, 6.45) is 0. The molecule has 0 aliphatic carbocycles. The van der Waals surface area contributed by atoms with Gasteiger partial charge >= 0.3 is 0 Å². The van der Waals surface area contributed by atoms with Gasteiger partial charge in [-0.3, -0.25) is 20.2 Å². The van der Waals surface area contributed by atoms with Crippen LogP contribution in [0.4, 0.5) is 11.4 Å². The molecule has 0 radical (unpaired) electrons. The van der Waals surface area contributed by atoms with Gasteiger partial charge in [0.2, 0.25) is 5.05 Å². The van der Waals surface area contributed by atoms with Gasteiger partial charge in [0.1, 0.15) is 11.5 Å². The van der Waals surface area contributed by atoms with Crippen molar-refractivity contribution >= 4 is 89.6 Å². The van der Waals surface area contributed by atoms with Crippen LogP contribution in [-0.4, -0.2) is 69.4 Å². The molecule has 1 unspecified atom stereocenters. The Kier molecular flexibility index (Phi) is 19.8. The minimum Gasteiger partial charge on any atom is -0.737 e. The molecule has 49 heavy (non-hydrogen) atoms. The van der Waals surface area contributed by atoms with E-state index < -0.39 is 28.3 Å². The third-order valence-corrected chi connectivity index (χ3v) is 10.1. The lowest BCUT2D eigenvalue weighted by Gasteiger charge is -2.14. The normalized spacial score (nSPS) is 10.4. The number of benzene rings is 2. The second-order valence-electron chi connectivity index (χ2n) is 10.1. The summed E-state index contributed by atoms with van der Waals surface area (Å²) in [5.74, 6) is 0.274. The summed E-state index contributed by atoms with van der Waals surface area (Å²) in [6, 6.07) is 10.0. The quantitative estimate of drug-likeness (QED) is 0.104. The molecule has 0 spiro atoms. The van der Waals surface area contributed by atoms with Crippen molar-refractivity contribution in [3.05, 3.63) is 90.5 Å². The number of thiocarbonyl (C=S) groups is 2. The summed E-state index contributed by atoms with van der Waals surface area (Å²) >= 11 is 20.2. The number of carbonyl (C=O) groups excluding carboxylic acids is 2. The third kappa shape index (κ3) is 13.7. The molecule has 2 N–H and O–H groups in total. The van der Waals surface area contributed by atoms with E-state index in [4.69, 9.17) is 59.2 Å². The fraction of sp³-hybridized carbons (Fsp3) is 0.375. The average Bonchev–Trinajstić information content (AvgIpc) is 3.50. The number of nitrogens with zero attached hydrogens (tertiary/aromatic N) is 2. The number of quaternary nitrogens is 2. The Hall–Kier alpha value is -3.50. The van der Waals surface area contributed by atoms with E-state index in [1.54, 1.807) is 9.80 Å². The SMILES string of the molecule is CC[NH+](CC)CC.CC[NH+](CC)CC.O=C([S-])c1[pH]c(C(=S)Oc2ccc([N+](=O)[O-])cc2)c(C(=S)Oc2ccc([N+](=O)[O-])cc2)c1C(=O)[S-]. The average molecular weight is 769 g/mol. The van der Waals surface area contributed by atoms with Gasteiger partial charge in [0.05, 0.1) is 60.0 Å². The smallest absolute Gasteiger partial charge is 0.269 e. The van der Waals surface area contributed by atoms with Crippen LogP contribution >= 0.6 is 32.6 Å². The number of ether oxygens (including phenoxy) is 2. The topological polar surface area (TPSA) is 148 Å². The van der Waals surface area contributed by atoms with Crippen LogP contribution in [0.25, 0.3) is 0 Å². The number of rotatable bonds is 14. The van der Waals surface area contributed by atoms with Crippen molar-refractivity contribution in [2.75, 3.05) is 39.3 Å². The monoisotopic (exact) mass is 768 g/mol. The Bertz CT molecular complexity index is 1570. The van der Waals surface area contributed by atoms with Crippen LogP contribution in [0.2, 0.25) is 0 Å². The molecule has 1 heterocycles. The van der Waals surface area contributed by atoms with Crippen molar-refractivity contribution in [1.82, 2.24) is 0 Å². The summed E-state index contributed by atoms with van der Waals surface area (Å²) in [4.78, 5) is 48.2. The number of hydrogen-bond acceptors (Lipinski definition) is 12. The van der Waals surface area contributed by atoms with E-state index in [1.807, 2.05) is 0 Å². The van der Waals surface area contributed by atoms with Crippen LogP contribution in [0, 0.1) is 20.2 Å². The molecule has 12 nitrogen and oxygen atoms in total. The molecule has 3 rings (SSSR count). The molecule has 1 aromatic heterocycles. The van der Waals surface area contributed by atoms with E-state index in [1.165, 1.54) is 87.8 Å². The molecule has 0 fully saturated rings. The van der Waals surface area contributed by atoms with E-state index >= 15 is 0 Å². The molecule has 17 heteroatoms. The van der Waals surface area contributed by atoms with Gasteiger partial charge in [-0.05, 0) is 90.2 Å². The van der Waals surface area contributed by atoms with Crippen LogP contribution in [-0.2, 0) is 25.3 Å². The first-order valence-electron chi connectivity index (χ1n) is 15.5. The Balaban J connectivity index is 0.000000717. The van der Waals surface area contributed by atoms with Gasteiger partial charge in [-0.2, -0.15) is 0 Å². The van der Waals surface area contributed by atoms with Gasteiger partial charge in [0, 0.05) is 45.4 Å². The first-order chi connectivity index (χ1) is 23.2. The largest absolute Gasteiger partial charge is 0.737 e. The highest BCUT2D eigenvalue weighted by atomic mass is 32.1. The van der Waals surface area contributed by atoms with Crippen molar-refractivity contribution in [3.8, 4) is 11.5 Å². The maximum Gasteiger partial charge on any atom is 0.269 e. The summed E-state index contributed by atoms with van der Waals surface area (Å²) < 4.78 is 11.2. The minimum atomic E-state index is -0.913. The van der Waals surface area contributed by atoms with Crippen LogP contribution < -0.4 is 19.3 Å². The zero-order chi connectivity index (χ0) is 37.3. The lowest BCUT2D eigenvalue weighted by Crippen LogP contribution is -3.11. The Morgan fingerprint density at radius 1 is 0.633 bits per heavy atom. The zero-order valence-corrected chi connectivity index (χ0v) is 32.4. The van der Waals surface area contributed by atoms with Gasteiger partial charge in [-0.1, -0.05) is 0 Å². The maximum absolute atomic E-state index is 12.3. The van der Waals surface area contributed by atoms with Crippen molar-refractivity contribution in [3.63, 3.8) is 0 Å². The van der Waals surface area contributed by atoms with Crippen LogP contribution in [0.1, 0.15) is 72.8 Å². The lowest BCUT2D eigenvalue weighted by atomic mass is 10.1. The second-order valence-corrected chi connectivity index (χ2v) is 12.8. The highest BCUT2D eigenvalue weighted by Crippen LogP contribution is 2.36. The van der Waals surface area contributed by atoms with Crippen LogP contribution in [0.5, 0.6) is 11.5 Å². The van der Waals surface area contributed by atoms with Gasteiger partial charge in [-0.15, -0.1) is 8.19 Å². The number of nitro benzene ring substituents is 2. The molecule has 2 aromatic carbocycles. The van der Waals surface area contributed by atoms with E-state index in [2.05, 4.69) is 41.5 Å². The molecule has 266 valence electrons. The summed E-state index contributed by atoms with van der Waals surface area (Å²) in [5, 5.41) is 19.6. The molecule has 0 saturated carbocycles. The van der Waals surface area contributed by atoms with Gasteiger partial charge in [0.15, 0.2) is 5.05 Å². The molecule has 1 atom stereocenters. The van der Waals surface area contributed by atoms with Crippen LogP contribution in [0.3, 0.4) is 0 Å². The van der Waals surface area contributed by atoms with E-state index in [0.29, 0.717) is 0 Å². The van der Waals surface area contributed by atoms with E-state index in [0.717, 1.165) is 0 Å². The Labute approximate surface area is 309 Å². The molecule has 0 bridgehead atoms. The first-order valence-corrected chi connectivity index (χ1v) is 18.1. The maximum atomic E-state index is 12.3. The predicted octanol–water partition coefficient (Wildman–Crippen LogP) is 4.28. The van der Waals surface area contributed by atoms with Crippen molar-refractivity contribution < 1.29 is 38.7 Å². The Morgan fingerprint density at radius 2 is 0.980 bits per heavy atom. The van der Waals surface area contributed by atoms with Gasteiger partial charge in [-0.25, -0.2) is 0 Å². The van der Waals surface area contributed by atoms with E-state index in [-0.39, 0.29) is 54.7 Å². The second kappa shape index (κ2) is 22.3. The number of non-ortho nitro benzene ring substituents is 2. The fourth-order valence-corrected chi connectivity index (χ4v) is 6.83. The molecule has 0 aliphatic heterocycles. The number of hydrogen-bond donors (Lipinski definition) is 2. The molecule has 0 aliphatic rings. The molecular formula is C32H41N4O8PS4. The Morgan fingerprint density at radius 3 is 1.24 bits per heavy atom. The molecule has 0 amide bonds. The molecule has 0 saturated heterocycles. The van der Waals surface area contributed by atoms with Crippen molar-refractivity contribution in [2.24, 2.45) is 0 Å². The molecular weight excluding hydrogens is 728 g/mol. The predicted molar refractivity (Wildman–Crippen MR) is 205 cm³/mol. The highest BCUT2D eigenvalue weighted by molar-refractivity contribution is 7.82. The number of carbonyl (C=O) groups is 2. The van der Waals surface area contributed by atoms with Gasteiger partial charge in [0.25, 0.3) is 11.4 Å². The number of nitrogens with one attached hydrogen (secondary N) is 2. The van der Waals surface area contributed by atoms with Crippen LogP contribution in [0.15, 0.2) is 48.5 Å². The minimum absolute atomic E-state index is 0.0446. The summed E-state index contributed by atoms with van der Waals surface area (Å²) in [5.41, 5.74) is -0.613. The van der Waals surface area contributed by atoms with Crippen molar-refractivity contribution in [2.45, 2.75) is 41.5 Å². The zero-order valence-electron chi connectivity index (χ0n) is 28.2. The number of nitro groups is 2. The van der Waals surface area contributed by atoms with Crippen molar-refractivity contribution in [1.29, 1.82) is 0 Å². The standard InChI is InChI=1S/C20H11N2O8PS4.2C6H15N/c23-17(32)13-14(19(34)29-11-5-1-9(2-6-11)21(25)26)16(31-15(13)18(24)33)20(35)30-12-7-3-10(4-8-12)22(27)28;2*1-4-7(5-2)6-3/h1-8,31H,(H,23,32)(H,24,33);2*4-6H2,1-3H3. The fourth-order valence-electron chi connectivity index (χ4n) is 4.30. The van der Waals surface area contributed by atoms with Gasteiger partial charge < -0.3 is 54.1 Å². The summed E-state index contributed by atoms with van der Waals surface area (Å²) in [7, 11) is -0.515. The third-order valence-electron chi connectivity index (χ3n) is 7.33. The highest BCUT2D eigenvalue weighted by Gasteiger charge is 2.26. The summed E-state index contributed by atoms with van der Waals surface area (Å²) in [6.45, 7) is 21.0. The molecule has 3 aromatic rings. The van der Waals surface area contributed by atoms with E-state index in [9.17, 15) is 29.8 Å².